The topological polar surface area (TPSA) is 70.2 Å². The Balaban J connectivity index is 1.76. The van der Waals surface area contributed by atoms with Crippen molar-refractivity contribution in [2.24, 2.45) is 0 Å². The lowest BCUT2D eigenvalue weighted by molar-refractivity contribution is -0.0537. The average Bonchev–Trinajstić information content (AvgIpc) is 2.90. The number of nitrogens with zero attached hydrogens (tertiary/aromatic N) is 2. The number of anilines is 1. The summed E-state index contributed by atoms with van der Waals surface area (Å²) < 4.78 is 33.6. The van der Waals surface area contributed by atoms with Crippen LogP contribution in [0.5, 0.6) is 0 Å². The number of imidazole rings is 1. The van der Waals surface area contributed by atoms with Gasteiger partial charge in [0, 0.05) is 24.5 Å². The molecule has 2 N–H and O–H groups in total. The van der Waals surface area contributed by atoms with Gasteiger partial charge in [-0.1, -0.05) is 11.6 Å². The van der Waals surface area contributed by atoms with Gasteiger partial charge in [-0.05, 0) is 39.0 Å². The molecule has 1 aliphatic heterocycles. The van der Waals surface area contributed by atoms with Crippen molar-refractivity contribution in [1.82, 2.24) is 15.3 Å². The minimum atomic E-state index is -3.03. The maximum absolute atomic E-state index is 14.3. The number of hydrogen-bond acceptors (Lipinski definition) is 4. The van der Waals surface area contributed by atoms with Crippen molar-refractivity contribution >= 4 is 34.7 Å². The Morgan fingerprint density at radius 1 is 1.46 bits per heavy atom. The molecule has 1 atom stereocenters. The van der Waals surface area contributed by atoms with Crippen molar-refractivity contribution < 1.29 is 18.3 Å². The van der Waals surface area contributed by atoms with Crippen molar-refractivity contribution in [2.75, 3.05) is 18.0 Å². The van der Waals surface area contributed by atoms with Gasteiger partial charge >= 0.3 is 6.09 Å². The van der Waals surface area contributed by atoms with Gasteiger partial charge in [-0.15, -0.1) is 0 Å². The molecule has 0 radical (unpaired) electrons. The van der Waals surface area contributed by atoms with Crippen LogP contribution in [-0.2, 0) is 4.74 Å². The molecule has 1 aromatic heterocycles. The molecule has 3 rings (SSSR count). The Hall–Kier alpha value is -2.09. The molecule has 0 unspecified atom stereocenters. The highest BCUT2D eigenvalue weighted by Crippen LogP contribution is 2.31. The van der Waals surface area contributed by atoms with E-state index in [1.54, 1.807) is 43.9 Å². The second-order valence-electron chi connectivity index (χ2n) is 7.38. The van der Waals surface area contributed by atoms with Crippen LogP contribution in [0, 0.1) is 0 Å². The molecule has 1 fully saturated rings. The summed E-state index contributed by atoms with van der Waals surface area (Å²) in [6.07, 6.45) is -1.26. The van der Waals surface area contributed by atoms with Crippen LogP contribution in [0.25, 0.3) is 11.0 Å². The summed E-state index contributed by atoms with van der Waals surface area (Å²) in [7, 11) is 0. The molecule has 0 saturated carbocycles. The number of halogens is 3. The number of H-pyrrole nitrogens is 1. The minimum Gasteiger partial charge on any atom is -0.444 e. The zero-order chi connectivity index (χ0) is 19.1. The molecular weight excluding hydrogens is 366 g/mol. The molecule has 1 amide bonds. The number of aromatic nitrogens is 2. The van der Waals surface area contributed by atoms with E-state index in [1.165, 1.54) is 0 Å². The number of carbonyl (C=O) groups is 1. The van der Waals surface area contributed by atoms with Gasteiger partial charge in [0.05, 0.1) is 11.0 Å². The molecule has 142 valence electrons. The fourth-order valence-corrected chi connectivity index (χ4v) is 2.99. The number of fused-ring (bicyclic) bond motifs is 1. The van der Waals surface area contributed by atoms with E-state index in [4.69, 9.17) is 16.3 Å². The molecule has 0 bridgehead atoms. The summed E-state index contributed by atoms with van der Waals surface area (Å²) in [6, 6.07) is 3.82. The highest BCUT2D eigenvalue weighted by Gasteiger charge is 2.46. The Morgan fingerprint density at radius 2 is 2.19 bits per heavy atom. The second kappa shape index (κ2) is 6.57. The summed E-state index contributed by atoms with van der Waals surface area (Å²) >= 11 is 5.96. The Kier molecular flexibility index (Phi) is 4.72. The molecule has 6 nitrogen and oxygen atoms in total. The van der Waals surface area contributed by atoms with Crippen LogP contribution in [0.1, 0.15) is 27.2 Å². The van der Waals surface area contributed by atoms with Crippen LogP contribution in [0.3, 0.4) is 0 Å². The number of aromatic amines is 1. The Labute approximate surface area is 154 Å². The lowest BCUT2D eigenvalue weighted by atomic mass is 10.0. The smallest absolute Gasteiger partial charge is 0.408 e. The molecule has 0 spiro atoms. The largest absolute Gasteiger partial charge is 0.444 e. The lowest BCUT2D eigenvalue weighted by Gasteiger charge is -2.38. The van der Waals surface area contributed by atoms with Crippen LogP contribution in [-0.4, -0.2) is 46.7 Å². The number of ether oxygens (including phenoxy) is 1. The van der Waals surface area contributed by atoms with Gasteiger partial charge in [-0.2, -0.15) is 0 Å². The Morgan fingerprint density at radius 3 is 2.88 bits per heavy atom. The SMILES string of the molecule is CC(C)(C)OC(=O)N[C@@H]1CN(c2nc3ccc(Cl)cc3[nH]2)CCC1(F)F. The number of amides is 1. The van der Waals surface area contributed by atoms with Crippen molar-refractivity contribution in [3.8, 4) is 0 Å². The number of rotatable bonds is 2. The van der Waals surface area contributed by atoms with Gasteiger partial charge in [0.2, 0.25) is 5.95 Å². The van der Waals surface area contributed by atoms with Crippen molar-refractivity contribution in [2.45, 2.75) is 44.8 Å². The van der Waals surface area contributed by atoms with Gasteiger partial charge in [0.1, 0.15) is 11.6 Å². The summed E-state index contributed by atoms with van der Waals surface area (Å²) in [5.41, 5.74) is 0.658. The molecule has 26 heavy (non-hydrogen) atoms. The number of piperidine rings is 1. The van der Waals surface area contributed by atoms with Crippen LogP contribution in [0.4, 0.5) is 19.5 Å². The zero-order valence-corrected chi connectivity index (χ0v) is 15.5. The maximum atomic E-state index is 14.3. The van der Waals surface area contributed by atoms with E-state index in [-0.39, 0.29) is 13.1 Å². The van der Waals surface area contributed by atoms with E-state index in [1.807, 2.05) is 0 Å². The predicted molar refractivity (Wildman–Crippen MR) is 96.0 cm³/mol. The maximum Gasteiger partial charge on any atom is 0.408 e. The van der Waals surface area contributed by atoms with Crippen LogP contribution >= 0.6 is 11.6 Å². The lowest BCUT2D eigenvalue weighted by Crippen LogP contribution is -2.59. The fraction of sp³-hybridized carbons (Fsp3) is 0.529. The first kappa shape index (κ1) is 18.7. The predicted octanol–water partition coefficient (Wildman–Crippen LogP) is 3.96. The number of nitrogens with one attached hydrogen (secondary N) is 2. The summed E-state index contributed by atoms with van der Waals surface area (Å²) in [5, 5.41) is 2.85. The van der Waals surface area contributed by atoms with Gasteiger partial charge in [0.25, 0.3) is 5.92 Å². The van der Waals surface area contributed by atoms with Crippen molar-refractivity contribution in [1.29, 1.82) is 0 Å². The fourth-order valence-electron chi connectivity index (χ4n) is 2.82. The van der Waals surface area contributed by atoms with E-state index in [9.17, 15) is 13.6 Å². The van der Waals surface area contributed by atoms with Gasteiger partial charge in [0.15, 0.2) is 0 Å². The number of hydrogen-bond donors (Lipinski definition) is 2. The Bertz CT molecular complexity index is 819. The molecule has 0 aliphatic carbocycles. The molecule has 2 heterocycles. The molecule has 1 aromatic carbocycles. The molecule has 1 saturated heterocycles. The van der Waals surface area contributed by atoms with Crippen molar-refractivity contribution in [3.63, 3.8) is 0 Å². The van der Waals surface area contributed by atoms with Crippen LogP contribution < -0.4 is 10.2 Å². The number of alkyl halides is 2. The number of benzene rings is 1. The summed E-state index contributed by atoms with van der Waals surface area (Å²) in [5.74, 6) is -2.56. The first-order valence-electron chi connectivity index (χ1n) is 8.31. The van der Waals surface area contributed by atoms with E-state index < -0.39 is 30.1 Å². The third-order valence-corrected chi connectivity index (χ3v) is 4.28. The molecular formula is C17H21ClF2N4O2. The normalized spacial score (nSPS) is 20.2. The molecule has 2 aromatic rings. The van der Waals surface area contributed by atoms with Gasteiger partial charge in [-0.3, -0.25) is 0 Å². The monoisotopic (exact) mass is 386 g/mol. The average molecular weight is 387 g/mol. The van der Waals surface area contributed by atoms with E-state index >= 15 is 0 Å². The first-order valence-corrected chi connectivity index (χ1v) is 8.69. The van der Waals surface area contributed by atoms with E-state index in [2.05, 4.69) is 15.3 Å². The van der Waals surface area contributed by atoms with Crippen molar-refractivity contribution in [3.05, 3.63) is 23.2 Å². The zero-order valence-electron chi connectivity index (χ0n) is 14.8. The van der Waals surface area contributed by atoms with Gasteiger partial charge in [-0.25, -0.2) is 18.6 Å². The third-order valence-electron chi connectivity index (χ3n) is 4.05. The van der Waals surface area contributed by atoms with Gasteiger partial charge < -0.3 is 19.9 Å². The second-order valence-corrected chi connectivity index (χ2v) is 7.81. The molecule has 9 heteroatoms. The van der Waals surface area contributed by atoms with E-state index in [0.717, 1.165) is 5.52 Å². The quantitative estimate of drug-likeness (QED) is 0.819. The standard InChI is InChI=1S/C17H21ClF2N4O2/c1-16(2,3)26-15(25)23-13-9-24(7-6-17(13,19)20)14-21-11-5-4-10(18)8-12(11)22-14/h4-5,8,13H,6-7,9H2,1-3H3,(H,21,22)(H,23,25)/t13-/m1/s1. The highest BCUT2D eigenvalue weighted by atomic mass is 35.5. The number of alkyl carbamates (subject to hydrolysis) is 1. The summed E-state index contributed by atoms with van der Waals surface area (Å²) in [4.78, 5) is 21.1. The van der Waals surface area contributed by atoms with Crippen LogP contribution in [0.2, 0.25) is 5.02 Å². The van der Waals surface area contributed by atoms with Crippen LogP contribution in [0.15, 0.2) is 18.2 Å². The minimum absolute atomic E-state index is 0.0835. The summed E-state index contributed by atoms with van der Waals surface area (Å²) in [6.45, 7) is 5.07. The first-order chi connectivity index (χ1) is 12.0. The third kappa shape index (κ3) is 4.17. The van der Waals surface area contributed by atoms with E-state index in [0.29, 0.717) is 16.5 Å². The highest BCUT2D eigenvalue weighted by molar-refractivity contribution is 6.31. The molecule has 1 aliphatic rings. The number of carbonyl (C=O) groups excluding carboxylic acids is 1.